The molecule has 6 nitrogen and oxygen atoms in total. The quantitative estimate of drug-likeness (QED) is 0.693. The predicted octanol–water partition coefficient (Wildman–Crippen LogP) is 3.82. The maximum atomic E-state index is 13.3. The Bertz CT molecular complexity index is 985. The maximum absolute atomic E-state index is 13.3. The predicted molar refractivity (Wildman–Crippen MR) is 115 cm³/mol. The van der Waals surface area contributed by atoms with E-state index in [2.05, 4.69) is 0 Å². The first-order valence-corrected chi connectivity index (χ1v) is 11.8. The molecule has 0 saturated carbocycles. The summed E-state index contributed by atoms with van der Waals surface area (Å²) in [5, 5.41) is 0. The van der Waals surface area contributed by atoms with Gasteiger partial charge in [0.05, 0.1) is 25.6 Å². The summed E-state index contributed by atoms with van der Waals surface area (Å²) in [4.78, 5) is 14.9. The van der Waals surface area contributed by atoms with Crippen molar-refractivity contribution in [3.05, 3.63) is 59.4 Å². The van der Waals surface area contributed by atoms with Crippen molar-refractivity contribution in [3.8, 4) is 5.75 Å². The fraction of sp³-hybridized carbons (Fsp3) is 0.409. The Hall–Kier alpha value is -2.61. The first-order chi connectivity index (χ1) is 14.3. The average Bonchev–Trinajstić information content (AvgIpc) is 3.01. The highest BCUT2D eigenvalue weighted by molar-refractivity contribution is 7.92. The number of benzene rings is 2. The van der Waals surface area contributed by atoms with Crippen LogP contribution in [-0.4, -0.2) is 45.7 Å². The Labute approximate surface area is 177 Å². The number of anilines is 1. The number of sulfonamides is 1. The van der Waals surface area contributed by atoms with Gasteiger partial charge in [0.2, 0.25) is 10.0 Å². The lowest BCUT2D eigenvalue weighted by Crippen LogP contribution is -2.32. The molecule has 0 aliphatic carbocycles. The zero-order valence-corrected chi connectivity index (χ0v) is 18.1. The Kier molecular flexibility index (Phi) is 6.97. The molecule has 0 spiro atoms. The smallest absolute Gasteiger partial charge is 0.253 e. The van der Waals surface area contributed by atoms with Crippen molar-refractivity contribution in [2.24, 2.45) is 0 Å². The van der Waals surface area contributed by atoms with Crippen LogP contribution in [0, 0.1) is 5.82 Å². The van der Waals surface area contributed by atoms with Crippen LogP contribution < -0.4 is 9.04 Å². The lowest BCUT2D eigenvalue weighted by molar-refractivity contribution is 0.0761. The molecule has 1 aliphatic heterocycles. The third-order valence-electron chi connectivity index (χ3n) is 5.25. The zero-order chi connectivity index (χ0) is 21.7. The van der Waals surface area contributed by atoms with Crippen molar-refractivity contribution < 1.29 is 22.3 Å². The normalized spacial score (nSPS) is 14.8. The van der Waals surface area contributed by atoms with Crippen LogP contribution >= 0.6 is 0 Å². The summed E-state index contributed by atoms with van der Waals surface area (Å²) in [5.41, 5.74) is 1.40. The van der Waals surface area contributed by atoms with Gasteiger partial charge in [-0.25, -0.2) is 12.8 Å². The summed E-state index contributed by atoms with van der Waals surface area (Å²) in [7, 11) is -2.15. The van der Waals surface area contributed by atoms with Gasteiger partial charge in [0.1, 0.15) is 11.6 Å². The summed E-state index contributed by atoms with van der Waals surface area (Å²) >= 11 is 0. The van der Waals surface area contributed by atoms with E-state index in [1.165, 1.54) is 35.7 Å². The second-order valence-corrected chi connectivity index (χ2v) is 9.39. The second kappa shape index (κ2) is 9.47. The van der Waals surface area contributed by atoms with Crippen molar-refractivity contribution in [2.75, 3.05) is 30.8 Å². The minimum Gasteiger partial charge on any atom is -0.496 e. The van der Waals surface area contributed by atoms with E-state index < -0.39 is 15.8 Å². The number of halogens is 1. The van der Waals surface area contributed by atoms with E-state index in [-0.39, 0.29) is 12.5 Å². The van der Waals surface area contributed by atoms with E-state index in [0.717, 1.165) is 45.0 Å². The molecule has 0 bridgehead atoms. The van der Waals surface area contributed by atoms with Crippen LogP contribution in [0.25, 0.3) is 0 Å². The summed E-state index contributed by atoms with van der Waals surface area (Å²) in [6, 6.07) is 10.3. The molecule has 0 unspecified atom stereocenters. The van der Waals surface area contributed by atoms with Crippen LogP contribution in [-0.2, 0) is 16.6 Å². The molecule has 1 saturated heterocycles. The first-order valence-electron chi connectivity index (χ1n) is 9.99. The average molecular weight is 435 g/mol. The molecule has 1 aliphatic rings. The number of ether oxygens (including phenoxy) is 1. The molecule has 1 heterocycles. The molecule has 8 heteroatoms. The lowest BCUT2D eigenvalue weighted by Gasteiger charge is -2.25. The summed E-state index contributed by atoms with van der Waals surface area (Å²) in [6.07, 6.45) is 5.31. The van der Waals surface area contributed by atoms with Crippen molar-refractivity contribution in [1.29, 1.82) is 0 Å². The number of likely N-dealkylation sites (tertiary alicyclic amines) is 1. The topological polar surface area (TPSA) is 66.9 Å². The summed E-state index contributed by atoms with van der Waals surface area (Å²) in [6.45, 7) is 1.42. The van der Waals surface area contributed by atoms with Gasteiger partial charge in [-0.2, -0.15) is 0 Å². The van der Waals surface area contributed by atoms with Crippen molar-refractivity contribution in [3.63, 3.8) is 0 Å². The van der Waals surface area contributed by atoms with E-state index in [9.17, 15) is 17.6 Å². The van der Waals surface area contributed by atoms with Gasteiger partial charge >= 0.3 is 0 Å². The minimum absolute atomic E-state index is 0.0330. The fourth-order valence-corrected chi connectivity index (χ4v) is 4.53. The van der Waals surface area contributed by atoms with Crippen LogP contribution in [0.3, 0.4) is 0 Å². The van der Waals surface area contributed by atoms with Gasteiger partial charge in [-0.1, -0.05) is 12.8 Å². The van der Waals surface area contributed by atoms with Crippen molar-refractivity contribution in [1.82, 2.24) is 4.90 Å². The maximum Gasteiger partial charge on any atom is 0.253 e. The van der Waals surface area contributed by atoms with Gasteiger partial charge in [0, 0.05) is 24.2 Å². The highest BCUT2D eigenvalue weighted by Gasteiger charge is 2.22. The van der Waals surface area contributed by atoms with E-state index in [1.807, 2.05) is 4.90 Å². The molecule has 2 aromatic rings. The number of rotatable bonds is 6. The molecule has 1 fully saturated rings. The highest BCUT2D eigenvalue weighted by Crippen LogP contribution is 2.27. The number of nitrogens with zero attached hydrogens (tertiary/aromatic N) is 2. The fourth-order valence-electron chi connectivity index (χ4n) is 3.65. The van der Waals surface area contributed by atoms with E-state index in [4.69, 9.17) is 4.74 Å². The molecule has 2 aromatic carbocycles. The monoisotopic (exact) mass is 434 g/mol. The molecule has 1 amide bonds. The number of carbonyl (C=O) groups excluding carboxylic acids is 1. The van der Waals surface area contributed by atoms with Crippen molar-refractivity contribution >= 4 is 21.6 Å². The van der Waals surface area contributed by atoms with Crippen LogP contribution in [0.4, 0.5) is 10.1 Å². The van der Waals surface area contributed by atoms with Crippen LogP contribution in [0.1, 0.15) is 41.6 Å². The van der Waals surface area contributed by atoms with Gasteiger partial charge in [0.25, 0.3) is 5.91 Å². The van der Waals surface area contributed by atoms with Gasteiger partial charge in [-0.3, -0.25) is 9.10 Å². The molecular weight excluding hydrogens is 407 g/mol. The first kappa shape index (κ1) is 22.1. The molecule has 0 radical (unpaired) electrons. The van der Waals surface area contributed by atoms with E-state index in [1.54, 1.807) is 18.2 Å². The largest absolute Gasteiger partial charge is 0.496 e. The summed E-state index contributed by atoms with van der Waals surface area (Å²) < 4.78 is 44.8. The molecule has 0 N–H and O–H groups in total. The van der Waals surface area contributed by atoms with Gasteiger partial charge in [-0.15, -0.1) is 0 Å². The minimum atomic E-state index is -3.65. The van der Waals surface area contributed by atoms with E-state index >= 15 is 0 Å². The standard InChI is InChI=1S/C22H27FN2O4S/c1-29-21-12-7-17(22(26)24-13-5-3-4-6-14-24)15-18(21)16-25(30(2,27)28)20-10-8-19(23)9-11-20/h7-12,15H,3-6,13-14,16H2,1-2H3. The van der Waals surface area contributed by atoms with Crippen molar-refractivity contribution in [2.45, 2.75) is 32.2 Å². The molecule has 0 aromatic heterocycles. The highest BCUT2D eigenvalue weighted by atomic mass is 32.2. The third kappa shape index (κ3) is 5.30. The molecule has 3 rings (SSSR count). The Morgan fingerprint density at radius 2 is 1.70 bits per heavy atom. The number of hydrogen-bond donors (Lipinski definition) is 0. The third-order valence-corrected chi connectivity index (χ3v) is 6.39. The molecule has 162 valence electrons. The van der Waals surface area contributed by atoms with Crippen LogP contribution in [0.2, 0.25) is 0 Å². The van der Waals surface area contributed by atoms with Crippen LogP contribution in [0.5, 0.6) is 5.75 Å². The number of amides is 1. The van der Waals surface area contributed by atoms with Gasteiger partial charge in [0.15, 0.2) is 0 Å². The molecule has 30 heavy (non-hydrogen) atoms. The van der Waals surface area contributed by atoms with Gasteiger partial charge < -0.3 is 9.64 Å². The molecular formula is C22H27FN2O4S. The number of methoxy groups -OCH3 is 1. The number of carbonyl (C=O) groups is 1. The molecule has 0 atom stereocenters. The second-order valence-electron chi connectivity index (χ2n) is 7.48. The van der Waals surface area contributed by atoms with Crippen LogP contribution in [0.15, 0.2) is 42.5 Å². The lowest BCUT2D eigenvalue weighted by atomic mass is 10.1. The summed E-state index contributed by atoms with van der Waals surface area (Å²) in [5.74, 6) is -0.0264. The Morgan fingerprint density at radius 1 is 1.07 bits per heavy atom. The number of hydrogen-bond acceptors (Lipinski definition) is 4. The zero-order valence-electron chi connectivity index (χ0n) is 17.3. The van der Waals surface area contributed by atoms with Gasteiger partial charge in [-0.05, 0) is 55.3 Å². The Morgan fingerprint density at radius 3 is 2.27 bits per heavy atom. The Balaban J connectivity index is 1.93. The van der Waals surface area contributed by atoms with E-state index in [0.29, 0.717) is 22.6 Å². The SMILES string of the molecule is COc1ccc(C(=O)N2CCCCCC2)cc1CN(c1ccc(F)cc1)S(C)(=O)=O.